The maximum Gasteiger partial charge on any atom is 0.220 e. The number of carbonyl (C=O) groups excluding carboxylic acids is 1. The van der Waals surface area contributed by atoms with Crippen molar-refractivity contribution in [1.82, 2.24) is 5.32 Å². The number of ether oxygens (including phenoxy) is 1. The average molecular weight is 342 g/mol. The summed E-state index contributed by atoms with van der Waals surface area (Å²) >= 11 is 3.42. The van der Waals surface area contributed by atoms with Gasteiger partial charge in [0.2, 0.25) is 5.91 Å². The van der Waals surface area contributed by atoms with Gasteiger partial charge in [-0.2, -0.15) is 0 Å². The van der Waals surface area contributed by atoms with Gasteiger partial charge in [-0.1, -0.05) is 15.9 Å². The SMILES string of the molecule is COc1ccc(Br)cc1CCC(=O)NCC1(CO)CC1. The van der Waals surface area contributed by atoms with Crippen LogP contribution in [-0.4, -0.2) is 31.3 Å². The van der Waals surface area contributed by atoms with E-state index in [9.17, 15) is 9.90 Å². The van der Waals surface area contributed by atoms with E-state index in [1.807, 2.05) is 18.2 Å². The van der Waals surface area contributed by atoms with Crippen molar-refractivity contribution in [1.29, 1.82) is 0 Å². The molecule has 5 heteroatoms. The summed E-state index contributed by atoms with van der Waals surface area (Å²) in [7, 11) is 1.63. The van der Waals surface area contributed by atoms with Gasteiger partial charge in [0.1, 0.15) is 5.75 Å². The minimum atomic E-state index is -0.0386. The number of amides is 1. The summed E-state index contributed by atoms with van der Waals surface area (Å²) in [6.07, 6.45) is 3.07. The minimum absolute atomic E-state index is 0.0201. The van der Waals surface area contributed by atoms with E-state index in [1.54, 1.807) is 7.11 Å². The van der Waals surface area contributed by atoms with E-state index in [2.05, 4.69) is 21.2 Å². The standard InChI is InChI=1S/C15H20BrNO3/c1-20-13-4-3-12(16)8-11(13)2-5-14(19)17-9-15(10-18)6-7-15/h3-4,8,18H,2,5-7,9-10H2,1H3,(H,17,19). The number of aliphatic hydroxyl groups is 1. The van der Waals surface area contributed by atoms with E-state index in [-0.39, 0.29) is 17.9 Å². The van der Waals surface area contributed by atoms with Gasteiger partial charge in [0.25, 0.3) is 0 Å². The fourth-order valence-corrected chi connectivity index (χ4v) is 2.54. The van der Waals surface area contributed by atoms with Gasteiger partial charge >= 0.3 is 0 Å². The maximum absolute atomic E-state index is 11.8. The van der Waals surface area contributed by atoms with E-state index in [1.165, 1.54) is 0 Å². The van der Waals surface area contributed by atoms with Gasteiger partial charge in [0.05, 0.1) is 13.7 Å². The summed E-state index contributed by atoms with van der Waals surface area (Å²) in [5.74, 6) is 0.821. The van der Waals surface area contributed by atoms with Gasteiger partial charge in [-0.05, 0) is 43.0 Å². The first-order valence-electron chi connectivity index (χ1n) is 6.78. The Labute approximate surface area is 127 Å². The fraction of sp³-hybridized carbons (Fsp3) is 0.533. The number of hydrogen-bond acceptors (Lipinski definition) is 3. The third-order valence-electron chi connectivity index (χ3n) is 3.82. The smallest absolute Gasteiger partial charge is 0.220 e. The van der Waals surface area contributed by atoms with Crippen LogP contribution in [-0.2, 0) is 11.2 Å². The van der Waals surface area contributed by atoms with E-state index in [4.69, 9.17) is 4.74 Å². The molecule has 1 aromatic rings. The molecule has 1 aromatic carbocycles. The highest BCUT2D eigenvalue weighted by Crippen LogP contribution is 2.44. The highest BCUT2D eigenvalue weighted by atomic mass is 79.9. The third-order valence-corrected chi connectivity index (χ3v) is 4.31. The van der Waals surface area contributed by atoms with Gasteiger partial charge in [-0.25, -0.2) is 0 Å². The maximum atomic E-state index is 11.8. The summed E-state index contributed by atoms with van der Waals surface area (Å²) in [4.78, 5) is 11.8. The van der Waals surface area contributed by atoms with Crippen molar-refractivity contribution >= 4 is 21.8 Å². The van der Waals surface area contributed by atoms with Crippen LogP contribution in [0.25, 0.3) is 0 Å². The van der Waals surface area contributed by atoms with Crippen molar-refractivity contribution in [2.75, 3.05) is 20.3 Å². The minimum Gasteiger partial charge on any atom is -0.496 e. The molecule has 0 atom stereocenters. The normalized spacial score (nSPS) is 15.8. The highest BCUT2D eigenvalue weighted by Gasteiger charge is 2.41. The quantitative estimate of drug-likeness (QED) is 0.799. The summed E-state index contributed by atoms with van der Waals surface area (Å²) < 4.78 is 6.27. The Morgan fingerprint density at radius 1 is 1.50 bits per heavy atom. The number of aliphatic hydroxyl groups excluding tert-OH is 1. The second-order valence-electron chi connectivity index (χ2n) is 5.39. The van der Waals surface area contributed by atoms with Crippen LogP contribution in [0.15, 0.2) is 22.7 Å². The lowest BCUT2D eigenvalue weighted by molar-refractivity contribution is -0.121. The molecule has 1 fully saturated rings. The topological polar surface area (TPSA) is 58.6 Å². The number of nitrogens with one attached hydrogen (secondary N) is 1. The molecule has 0 saturated heterocycles. The molecule has 110 valence electrons. The van der Waals surface area contributed by atoms with E-state index < -0.39 is 0 Å². The molecular weight excluding hydrogens is 322 g/mol. The van der Waals surface area contributed by atoms with E-state index in [0.29, 0.717) is 19.4 Å². The van der Waals surface area contributed by atoms with Gasteiger partial charge in [-0.15, -0.1) is 0 Å². The number of methoxy groups -OCH3 is 1. The lowest BCUT2D eigenvalue weighted by Crippen LogP contribution is -2.31. The van der Waals surface area contributed by atoms with Crippen LogP contribution in [0.5, 0.6) is 5.75 Å². The molecule has 1 aliphatic rings. The molecule has 0 spiro atoms. The lowest BCUT2D eigenvalue weighted by Gasteiger charge is -2.13. The van der Waals surface area contributed by atoms with Crippen molar-refractivity contribution in [2.24, 2.45) is 5.41 Å². The Kier molecular flexibility index (Phi) is 5.05. The molecule has 0 unspecified atom stereocenters. The Bertz CT molecular complexity index is 486. The van der Waals surface area contributed by atoms with Crippen LogP contribution in [0.3, 0.4) is 0 Å². The molecule has 0 heterocycles. The van der Waals surface area contributed by atoms with Gasteiger partial charge in [0, 0.05) is 22.9 Å². The largest absolute Gasteiger partial charge is 0.496 e. The number of aryl methyl sites for hydroxylation is 1. The second-order valence-corrected chi connectivity index (χ2v) is 6.31. The summed E-state index contributed by atoms with van der Waals surface area (Å²) in [5.41, 5.74) is 0.976. The van der Waals surface area contributed by atoms with Crippen LogP contribution < -0.4 is 10.1 Å². The first-order valence-corrected chi connectivity index (χ1v) is 7.58. The van der Waals surface area contributed by atoms with Gasteiger partial charge in [-0.3, -0.25) is 4.79 Å². The van der Waals surface area contributed by atoms with Crippen molar-refractivity contribution < 1.29 is 14.6 Å². The Balaban J connectivity index is 1.82. The number of hydrogen-bond donors (Lipinski definition) is 2. The van der Waals surface area contributed by atoms with Crippen LogP contribution in [0.2, 0.25) is 0 Å². The summed E-state index contributed by atoms with van der Waals surface area (Å²) in [6, 6.07) is 5.78. The van der Waals surface area contributed by atoms with Crippen molar-refractivity contribution in [3.8, 4) is 5.75 Å². The summed E-state index contributed by atoms with van der Waals surface area (Å²) in [5, 5.41) is 12.1. The van der Waals surface area contributed by atoms with Crippen molar-refractivity contribution in [3.05, 3.63) is 28.2 Å². The van der Waals surface area contributed by atoms with Crippen molar-refractivity contribution in [2.45, 2.75) is 25.7 Å². The van der Waals surface area contributed by atoms with E-state index >= 15 is 0 Å². The van der Waals surface area contributed by atoms with Crippen LogP contribution in [0.4, 0.5) is 0 Å². The molecular formula is C15H20BrNO3. The number of rotatable bonds is 7. The Hall–Kier alpha value is -1.07. The van der Waals surface area contributed by atoms with Gasteiger partial charge in [0.15, 0.2) is 0 Å². The van der Waals surface area contributed by atoms with Crippen LogP contribution in [0, 0.1) is 5.41 Å². The Morgan fingerprint density at radius 3 is 2.85 bits per heavy atom. The number of benzene rings is 1. The predicted octanol–water partition coefficient (Wildman–Crippen LogP) is 2.28. The molecule has 2 N–H and O–H groups in total. The highest BCUT2D eigenvalue weighted by molar-refractivity contribution is 9.10. The summed E-state index contributed by atoms with van der Waals surface area (Å²) in [6.45, 7) is 0.741. The molecule has 0 radical (unpaired) electrons. The first kappa shape index (κ1) is 15.3. The molecule has 1 aliphatic carbocycles. The zero-order valence-electron chi connectivity index (χ0n) is 11.6. The molecule has 0 aromatic heterocycles. The Morgan fingerprint density at radius 2 is 2.25 bits per heavy atom. The second kappa shape index (κ2) is 6.59. The molecule has 2 rings (SSSR count). The molecule has 20 heavy (non-hydrogen) atoms. The molecule has 1 saturated carbocycles. The molecule has 0 bridgehead atoms. The van der Waals surface area contributed by atoms with E-state index in [0.717, 1.165) is 28.6 Å². The number of carbonyl (C=O) groups is 1. The third kappa shape index (κ3) is 3.96. The number of halogens is 1. The van der Waals surface area contributed by atoms with Crippen molar-refractivity contribution in [3.63, 3.8) is 0 Å². The fourth-order valence-electron chi connectivity index (χ4n) is 2.13. The zero-order valence-corrected chi connectivity index (χ0v) is 13.2. The van der Waals surface area contributed by atoms with Crippen LogP contribution >= 0.6 is 15.9 Å². The molecule has 0 aliphatic heterocycles. The van der Waals surface area contributed by atoms with Gasteiger partial charge < -0.3 is 15.2 Å². The molecule has 1 amide bonds. The monoisotopic (exact) mass is 341 g/mol. The average Bonchev–Trinajstić information content (AvgIpc) is 3.24. The lowest BCUT2D eigenvalue weighted by atomic mass is 10.1. The first-order chi connectivity index (χ1) is 9.58. The predicted molar refractivity (Wildman–Crippen MR) is 80.8 cm³/mol. The zero-order chi connectivity index (χ0) is 14.6. The molecule has 4 nitrogen and oxygen atoms in total. The van der Waals surface area contributed by atoms with Crippen LogP contribution in [0.1, 0.15) is 24.8 Å².